The average Bonchev–Trinajstić information content (AvgIpc) is 2.94. The summed E-state index contributed by atoms with van der Waals surface area (Å²) in [4.78, 5) is 15.6. The van der Waals surface area contributed by atoms with Gasteiger partial charge in [-0.1, -0.05) is 91.0 Å². The second-order valence-corrected chi connectivity index (χ2v) is 11.0. The quantitative estimate of drug-likeness (QED) is 0.261. The molecule has 0 radical (unpaired) electrons. The third-order valence-electron chi connectivity index (χ3n) is 6.30. The van der Waals surface area contributed by atoms with Gasteiger partial charge in [-0.15, -0.1) is 0 Å². The van der Waals surface area contributed by atoms with E-state index in [1.807, 2.05) is 91.0 Å². The van der Waals surface area contributed by atoms with Crippen molar-refractivity contribution in [1.82, 2.24) is 9.21 Å². The zero-order valence-corrected chi connectivity index (χ0v) is 22.5. The third kappa shape index (κ3) is 6.88. The van der Waals surface area contributed by atoms with Crippen LogP contribution in [-0.2, 0) is 34.5 Å². The Morgan fingerprint density at radius 3 is 1.63 bits per heavy atom. The number of sulfonamides is 1. The van der Waals surface area contributed by atoms with Gasteiger partial charge in [-0.05, 0) is 47.4 Å². The van der Waals surface area contributed by atoms with E-state index in [-0.39, 0.29) is 23.9 Å². The first-order valence-electron chi connectivity index (χ1n) is 12.4. The van der Waals surface area contributed by atoms with Crippen LogP contribution in [0.4, 0.5) is 0 Å². The number of benzene rings is 4. The predicted octanol–water partition coefficient (Wildman–Crippen LogP) is 5.42. The van der Waals surface area contributed by atoms with Gasteiger partial charge >= 0.3 is 0 Å². The molecule has 0 aliphatic carbocycles. The van der Waals surface area contributed by atoms with E-state index in [2.05, 4.69) is 0 Å². The summed E-state index contributed by atoms with van der Waals surface area (Å²) in [5.41, 5.74) is 3.45. The fourth-order valence-corrected chi connectivity index (χ4v) is 5.73. The first-order chi connectivity index (χ1) is 18.4. The van der Waals surface area contributed by atoms with Crippen molar-refractivity contribution < 1.29 is 17.9 Å². The van der Waals surface area contributed by atoms with Gasteiger partial charge < -0.3 is 9.64 Å². The Morgan fingerprint density at radius 2 is 1.18 bits per heavy atom. The second-order valence-electron chi connectivity index (χ2n) is 9.11. The normalized spacial score (nSPS) is 11.3. The smallest absolute Gasteiger partial charge is 0.243 e. The molecule has 4 aromatic rings. The van der Waals surface area contributed by atoms with Crippen LogP contribution in [0.2, 0.25) is 0 Å². The molecule has 6 nitrogen and oxygen atoms in total. The molecule has 0 fully saturated rings. The number of methoxy groups -OCH3 is 1. The molecule has 0 atom stereocenters. The Kier molecular flexibility index (Phi) is 8.94. The lowest BCUT2D eigenvalue weighted by Gasteiger charge is -2.28. The van der Waals surface area contributed by atoms with E-state index in [0.29, 0.717) is 24.4 Å². The molecule has 196 valence electrons. The average molecular weight is 529 g/mol. The van der Waals surface area contributed by atoms with Crippen LogP contribution in [0.3, 0.4) is 0 Å². The molecule has 0 aromatic heterocycles. The van der Waals surface area contributed by atoms with Crippen molar-refractivity contribution in [2.45, 2.75) is 31.5 Å². The molecule has 4 rings (SSSR count). The van der Waals surface area contributed by atoms with E-state index in [4.69, 9.17) is 4.74 Å². The van der Waals surface area contributed by atoms with Crippen LogP contribution in [0.1, 0.15) is 22.3 Å². The summed E-state index contributed by atoms with van der Waals surface area (Å²) in [5.74, 6) is 0.328. The van der Waals surface area contributed by atoms with E-state index < -0.39 is 10.0 Å². The minimum absolute atomic E-state index is 0.0739. The van der Waals surface area contributed by atoms with Crippen molar-refractivity contribution in [3.8, 4) is 5.75 Å². The SMILES string of the molecule is COc1ccc(S(=O)(=O)N(CC(=O)N(Cc2ccccc2)Cc2ccccc2)Cc2ccccc2)cc1C. The van der Waals surface area contributed by atoms with Gasteiger partial charge in [0.15, 0.2) is 0 Å². The van der Waals surface area contributed by atoms with Crippen LogP contribution in [0.25, 0.3) is 0 Å². The summed E-state index contributed by atoms with van der Waals surface area (Å²) in [6.07, 6.45) is 0. The van der Waals surface area contributed by atoms with Crippen molar-refractivity contribution >= 4 is 15.9 Å². The summed E-state index contributed by atoms with van der Waals surface area (Å²) in [5, 5.41) is 0. The highest BCUT2D eigenvalue weighted by molar-refractivity contribution is 7.89. The number of ether oxygens (including phenoxy) is 1. The summed E-state index contributed by atoms with van der Waals surface area (Å²) in [6, 6.07) is 33.5. The van der Waals surface area contributed by atoms with E-state index in [1.54, 1.807) is 31.1 Å². The molecule has 4 aromatic carbocycles. The maximum Gasteiger partial charge on any atom is 0.243 e. The van der Waals surface area contributed by atoms with Gasteiger partial charge in [0.2, 0.25) is 15.9 Å². The van der Waals surface area contributed by atoms with Gasteiger partial charge in [-0.2, -0.15) is 4.31 Å². The molecule has 0 N–H and O–H groups in total. The van der Waals surface area contributed by atoms with Crippen molar-refractivity contribution in [3.05, 3.63) is 131 Å². The molecule has 0 saturated heterocycles. The number of hydrogen-bond donors (Lipinski definition) is 0. The minimum Gasteiger partial charge on any atom is -0.496 e. The standard InChI is InChI=1S/C31H32N2O4S/c1-25-20-29(18-19-30(25)37-2)38(35,36)33(23-28-16-10-5-11-17-28)24-31(34)32(21-26-12-6-3-7-13-26)22-27-14-8-4-9-15-27/h3-20H,21-24H2,1-2H3. The summed E-state index contributed by atoms with van der Waals surface area (Å²) < 4.78 is 34.3. The maximum absolute atomic E-state index is 13.9. The Morgan fingerprint density at radius 1 is 0.711 bits per heavy atom. The molecular formula is C31H32N2O4S. The highest BCUT2D eigenvalue weighted by Gasteiger charge is 2.29. The van der Waals surface area contributed by atoms with Crippen molar-refractivity contribution in [3.63, 3.8) is 0 Å². The van der Waals surface area contributed by atoms with Crippen molar-refractivity contribution in [2.75, 3.05) is 13.7 Å². The first kappa shape index (κ1) is 27.1. The lowest BCUT2D eigenvalue weighted by atomic mass is 10.1. The van der Waals surface area contributed by atoms with Crippen molar-refractivity contribution in [2.24, 2.45) is 0 Å². The molecule has 38 heavy (non-hydrogen) atoms. The highest BCUT2D eigenvalue weighted by Crippen LogP contribution is 2.25. The van der Waals surface area contributed by atoms with Crippen LogP contribution < -0.4 is 4.74 Å². The molecular weight excluding hydrogens is 496 g/mol. The van der Waals surface area contributed by atoms with Gasteiger partial charge in [-0.25, -0.2) is 8.42 Å². The van der Waals surface area contributed by atoms with Crippen LogP contribution in [0.5, 0.6) is 5.75 Å². The molecule has 0 bridgehead atoms. The monoisotopic (exact) mass is 528 g/mol. The van der Waals surface area contributed by atoms with Gasteiger partial charge in [-0.3, -0.25) is 4.79 Å². The maximum atomic E-state index is 13.9. The Hall–Kier alpha value is -3.94. The third-order valence-corrected chi connectivity index (χ3v) is 8.09. The fraction of sp³-hybridized carbons (Fsp3) is 0.194. The van der Waals surface area contributed by atoms with Crippen molar-refractivity contribution in [1.29, 1.82) is 0 Å². The number of carbonyl (C=O) groups excluding carboxylic acids is 1. The fourth-order valence-electron chi connectivity index (χ4n) is 4.26. The van der Waals surface area contributed by atoms with Crippen LogP contribution in [0.15, 0.2) is 114 Å². The Bertz CT molecular complexity index is 1400. The molecule has 0 spiro atoms. The molecule has 7 heteroatoms. The van der Waals surface area contributed by atoms with E-state index in [9.17, 15) is 13.2 Å². The van der Waals surface area contributed by atoms with Gasteiger partial charge in [0, 0.05) is 19.6 Å². The molecule has 1 amide bonds. The molecule has 0 saturated carbocycles. The van der Waals surface area contributed by atoms with Crippen LogP contribution >= 0.6 is 0 Å². The summed E-state index contributed by atoms with van der Waals surface area (Å²) in [6.45, 7) is 2.32. The zero-order valence-electron chi connectivity index (χ0n) is 21.7. The topological polar surface area (TPSA) is 66.9 Å². The van der Waals surface area contributed by atoms with E-state index >= 15 is 0 Å². The van der Waals surface area contributed by atoms with Gasteiger partial charge in [0.05, 0.1) is 18.6 Å². The molecule has 0 aliphatic heterocycles. The number of aryl methyl sites for hydroxylation is 1. The van der Waals surface area contributed by atoms with Gasteiger partial charge in [0.25, 0.3) is 0 Å². The lowest BCUT2D eigenvalue weighted by molar-refractivity contribution is -0.132. The van der Waals surface area contributed by atoms with Crippen LogP contribution in [0, 0.1) is 6.92 Å². The summed E-state index contributed by atoms with van der Waals surface area (Å²) >= 11 is 0. The lowest BCUT2D eigenvalue weighted by Crippen LogP contribution is -2.42. The minimum atomic E-state index is -3.99. The second kappa shape index (κ2) is 12.5. The number of rotatable bonds is 11. The number of nitrogens with zero attached hydrogens (tertiary/aromatic N) is 2. The largest absolute Gasteiger partial charge is 0.496 e. The zero-order chi connectivity index (χ0) is 27.0. The molecule has 0 heterocycles. The van der Waals surface area contributed by atoms with E-state index in [1.165, 1.54) is 10.4 Å². The highest BCUT2D eigenvalue weighted by atomic mass is 32.2. The Labute approximate surface area is 225 Å². The van der Waals surface area contributed by atoms with E-state index in [0.717, 1.165) is 16.7 Å². The number of carbonyl (C=O) groups is 1. The number of amides is 1. The first-order valence-corrected chi connectivity index (χ1v) is 13.8. The van der Waals surface area contributed by atoms with Crippen LogP contribution in [-0.4, -0.2) is 37.2 Å². The van der Waals surface area contributed by atoms with Gasteiger partial charge in [0.1, 0.15) is 5.75 Å². The number of hydrogen-bond acceptors (Lipinski definition) is 4. The predicted molar refractivity (Wildman–Crippen MR) is 149 cm³/mol. The Balaban J connectivity index is 1.66. The molecule has 0 unspecified atom stereocenters. The summed E-state index contributed by atoms with van der Waals surface area (Å²) in [7, 11) is -2.44. The molecule has 0 aliphatic rings.